The van der Waals surface area contributed by atoms with E-state index in [0.29, 0.717) is 0 Å². The lowest BCUT2D eigenvalue weighted by Gasteiger charge is -2.18. The summed E-state index contributed by atoms with van der Waals surface area (Å²) in [6.45, 7) is 4.17. The molecule has 0 spiro atoms. The Morgan fingerprint density at radius 2 is 2.00 bits per heavy atom. The Kier molecular flexibility index (Phi) is 7.75. The maximum Gasteiger partial charge on any atom is 0.0184 e. The average Bonchev–Trinajstić information content (AvgIpc) is 2.00. The number of unbranched alkanes of at least 4 members (excludes halogenated alkanes) is 1. The molecule has 0 aliphatic heterocycles. The summed E-state index contributed by atoms with van der Waals surface area (Å²) < 4.78 is 23.2. The third-order valence-corrected chi connectivity index (χ3v) is 2.33. The van der Waals surface area contributed by atoms with Crippen molar-refractivity contribution in [2.75, 3.05) is 0 Å². The Labute approximate surface area is 77.4 Å². The highest BCUT2D eigenvalue weighted by Gasteiger charge is 2.05. The van der Waals surface area contributed by atoms with Crippen molar-refractivity contribution in [3.63, 3.8) is 0 Å². The maximum atomic E-state index is 10.3. The largest absolute Gasteiger partial charge is 0.760 e. The van der Waals surface area contributed by atoms with Gasteiger partial charge in [0.1, 0.15) is 0 Å². The van der Waals surface area contributed by atoms with E-state index in [9.17, 15) is 8.76 Å². The summed E-state index contributed by atoms with van der Waals surface area (Å²) in [5.41, 5.74) is 0. The molecule has 0 saturated heterocycles. The first kappa shape index (κ1) is 12.1. The fourth-order valence-corrected chi connectivity index (χ4v) is 1.71. The second kappa shape index (κ2) is 7.71. The summed E-state index contributed by atoms with van der Waals surface area (Å²) >= 11 is -2.10. The van der Waals surface area contributed by atoms with Crippen molar-refractivity contribution in [2.45, 2.75) is 52.0 Å². The van der Waals surface area contributed by atoms with Crippen molar-refractivity contribution >= 4 is 11.3 Å². The minimum absolute atomic E-state index is 0.147. The van der Waals surface area contributed by atoms with Crippen molar-refractivity contribution in [1.29, 1.82) is 0 Å². The second-order valence-electron chi connectivity index (χ2n) is 2.98. The molecule has 0 aliphatic carbocycles. The normalized spacial score (nSPS) is 15.9. The Morgan fingerprint density at radius 1 is 1.33 bits per heavy atom. The molecule has 0 aliphatic rings. The molecule has 3 nitrogen and oxygen atoms in total. The van der Waals surface area contributed by atoms with Crippen molar-refractivity contribution < 1.29 is 8.76 Å². The monoisotopic (exact) mass is 192 g/mol. The summed E-state index contributed by atoms with van der Waals surface area (Å²) in [7, 11) is 0. The first-order valence-electron chi connectivity index (χ1n) is 4.56. The van der Waals surface area contributed by atoms with Crippen molar-refractivity contribution in [1.82, 2.24) is 4.72 Å². The number of hydrogen-bond donors (Lipinski definition) is 1. The van der Waals surface area contributed by atoms with E-state index in [0.717, 1.165) is 32.1 Å². The van der Waals surface area contributed by atoms with Gasteiger partial charge in [-0.2, -0.15) is 0 Å². The van der Waals surface area contributed by atoms with Crippen molar-refractivity contribution in [3.05, 3.63) is 0 Å². The molecule has 4 heteroatoms. The van der Waals surface area contributed by atoms with Crippen LogP contribution in [0.15, 0.2) is 0 Å². The Balaban J connectivity index is 3.61. The smallest absolute Gasteiger partial charge is 0.0184 e. The molecule has 0 aromatic carbocycles. The summed E-state index contributed by atoms with van der Waals surface area (Å²) in [5.74, 6) is 0. The zero-order chi connectivity index (χ0) is 9.40. The molecule has 0 aromatic heterocycles. The third kappa shape index (κ3) is 6.76. The molecule has 0 radical (unpaired) electrons. The van der Waals surface area contributed by atoms with Crippen LogP contribution in [0.5, 0.6) is 0 Å². The molecule has 12 heavy (non-hydrogen) atoms. The summed E-state index contributed by atoms with van der Waals surface area (Å²) in [4.78, 5) is 0. The zero-order valence-electron chi connectivity index (χ0n) is 7.84. The predicted molar refractivity (Wildman–Crippen MR) is 50.3 cm³/mol. The van der Waals surface area contributed by atoms with Gasteiger partial charge in [0, 0.05) is 17.3 Å². The summed E-state index contributed by atoms with van der Waals surface area (Å²) in [6, 6.07) is 0.147. The van der Waals surface area contributed by atoms with Gasteiger partial charge in [-0.1, -0.05) is 33.1 Å². The van der Waals surface area contributed by atoms with E-state index in [1.165, 1.54) is 0 Å². The van der Waals surface area contributed by atoms with Crippen LogP contribution >= 0.6 is 0 Å². The third-order valence-electron chi connectivity index (χ3n) is 1.81. The van der Waals surface area contributed by atoms with E-state index in [-0.39, 0.29) is 6.04 Å². The van der Waals surface area contributed by atoms with Crippen LogP contribution in [0.1, 0.15) is 46.0 Å². The molecule has 2 atom stereocenters. The fraction of sp³-hybridized carbons (Fsp3) is 1.00. The van der Waals surface area contributed by atoms with Gasteiger partial charge in [0.05, 0.1) is 0 Å². The highest BCUT2D eigenvalue weighted by molar-refractivity contribution is 7.77. The van der Waals surface area contributed by atoms with Gasteiger partial charge in [-0.3, -0.25) is 4.21 Å². The minimum atomic E-state index is -2.10. The highest BCUT2D eigenvalue weighted by atomic mass is 32.2. The second-order valence-corrected chi connectivity index (χ2v) is 3.69. The molecular formula is C8H18NO2S-. The van der Waals surface area contributed by atoms with E-state index in [1.807, 2.05) is 0 Å². The molecule has 0 aromatic rings. The SMILES string of the molecule is CCCCC(CCC)NS(=O)[O-]. The van der Waals surface area contributed by atoms with E-state index in [2.05, 4.69) is 18.6 Å². The fourth-order valence-electron chi connectivity index (χ4n) is 1.20. The van der Waals surface area contributed by atoms with Gasteiger partial charge in [-0.15, -0.1) is 0 Å². The molecule has 0 fully saturated rings. The van der Waals surface area contributed by atoms with E-state index >= 15 is 0 Å². The minimum Gasteiger partial charge on any atom is -0.760 e. The molecule has 2 unspecified atom stereocenters. The molecule has 0 rings (SSSR count). The zero-order valence-corrected chi connectivity index (χ0v) is 8.65. The molecule has 1 N–H and O–H groups in total. The number of nitrogens with one attached hydrogen (secondary N) is 1. The van der Waals surface area contributed by atoms with Crippen LogP contribution in [0.2, 0.25) is 0 Å². The highest BCUT2D eigenvalue weighted by Crippen LogP contribution is 2.06. The number of rotatable bonds is 7. The van der Waals surface area contributed by atoms with Crippen molar-refractivity contribution in [3.8, 4) is 0 Å². The van der Waals surface area contributed by atoms with Crippen LogP contribution in [0, 0.1) is 0 Å². The van der Waals surface area contributed by atoms with Crippen LogP contribution in [0.3, 0.4) is 0 Å². The Hall–Kier alpha value is 0.0700. The van der Waals surface area contributed by atoms with Gasteiger partial charge in [-0.25, -0.2) is 4.72 Å². The molecule has 74 valence electrons. The topological polar surface area (TPSA) is 52.2 Å². The predicted octanol–water partition coefficient (Wildman–Crippen LogP) is 1.73. The van der Waals surface area contributed by atoms with E-state index in [1.54, 1.807) is 0 Å². The first-order valence-corrected chi connectivity index (χ1v) is 5.63. The van der Waals surface area contributed by atoms with E-state index in [4.69, 9.17) is 0 Å². The molecule has 0 saturated carbocycles. The molecule has 0 bridgehead atoms. The molecule has 0 amide bonds. The van der Waals surface area contributed by atoms with Crippen LogP contribution < -0.4 is 4.72 Å². The first-order chi connectivity index (χ1) is 5.70. The van der Waals surface area contributed by atoms with Gasteiger partial charge in [-0.05, 0) is 12.8 Å². The van der Waals surface area contributed by atoms with Crippen LogP contribution in [0.4, 0.5) is 0 Å². The molecular weight excluding hydrogens is 174 g/mol. The van der Waals surface area contributed by atoms with Crippen LogP contribution in [-0.4, -0.2) is 14.8 Å². The lowest BCUT2D eigenvalue weighted by atomic mass is 10.1. The van der Waals surface area contributed by atoms with Gasteiger partial charge in [0.25, 0.3) is 0 Å². The summed E-state index contributed by atoms with van der Waals surface area (Å²) in [6.07, 6.45) is 5.13. The lowest BCUT2D eigenvalue weighted by molar-refractivity contribution is 0.463. The number of hydrogen-bond acceptors (Lipinski definition) is 2. The quantitative estimate of drug-likeness (QED) is 0.624. The van der Waals surface area contributed by atoms with Gasteiger partial charge in [0.2, 0.25) is 0 Å². The van der Waals surface area contributed by atoms with E-state index < -0.39 is 11.3 Å². The van der Waals surface area contributed by atoms with Gasteiger partial charge >= 0.3 is 0 Å². The summed E-state index contributed by atoms with van der Waals surface area (Å²) in [5, 5.41) is 0. The molecule has 0 heterocycles. The average molecular weight is 192 g/mol. The van der Waals surface area contributed by atoms with Crippen LogP contribution in [0.25, 0.3) is 0 Å². The standard InChI is InChI=1S/C8H19NO2S/c1-3-5-7-8(6-4-2)9-12(10)11/h8-9H,3-7H2,1-2H3,(H,10,11)/p-1. The lowest BCUT2D eigenvalue weighted by Crippen LogP contribution is -2.30. The Bertz CT molecular complexity index is 130. The van der Waals surface area contributed by atoms with Gasteiger partial charge < -0.3 is 4.55 Å². The van der Waals surface area contributed by atoms with Crippen LogP contribution in [-0.2, 0) is 11.3 Å². The van der Waals surface area contributed by atoms with Gasteiger partial charge in [0.15, 0.2) is 0 Å². The maximum absolute atomic E-state index is 10.3. The van der Waals surface area contributed by atoms with Crippen molar-refractivity contribution in [2.24, 2.45) is 0 Å². The Morgan fingerprint density at radius 3 is 2.42 bits per heavy atom.